The zero-order valence-corrected chi connectivity index (χ0v) is 18.4. The summed E-state index contributed by atoms with van der Waals surface area (Å²) in [6.45, 7) is 0.814. The van der Waals surface area contributed by atoms with Gasteiger partial charge in [-0.1, -0.05) is 55.0 Å². The first-order valence-electron chi connectivity index (χ1n) is 11.6. The molecule has 2 aromatic carbocycles. The lowest BCUT2D eigenvalue weighted by Gasteiger charge is -2.37. The molecule has 0 saturated heterocycles. The second kappa shape index (κ2) is 8.54. The normalized spacial score (nSPS) is 21.8. The maximum absolute atomic E-state index is 12.4. The molecule has 0 bridgehead atoms. The molecule has 172 valence electrons. The van der Waals surface area contributed by atoms with Gasteiger partial charge < -0.3 is 20.5 Å². The molecule has 0 heterocycles. The van der Waals surface area contributed by atoms with Gasteiger partial charge in [-0.25, -0.2) is 4.79 Å². The molecule has 2 atom stereocenters. The Kier molecular flexibility index (Phi) is 5.56. The molecule has 3 aliphatic rings. The predicted molar refractivity (Wildman–Crippen MR) is 122 cm³/mol. The molecule has 2 aromatic rings. The first-order valence-corrected chi connectivity index (χ1v) is 11.6. The van der Waals surface area contributed by atoms with E-state index in [1.54, 1.807) is 0 Å². The van der Waals surface area contributed by atoms with E-state index in [1.165, 1.54) is 11.1 Å². The second-order valence-corrected chi connectivity index (χ2v) is 9.47. The van der Waals surface area contributed by atoms with E-state index in [4.69, 9.17) is 4.74 Å². The number of amides is 2. The Morgan fingerprint density at radius 3 is 2.18 bits per heavy atom. The van der Waals surface area contributed by atoms with Gasteiger partial charge in [0.2, 0.25) is 5.91 Å². The molecule has 2 fully saturated rings. The van der Waals surface area contributed by atoms with Crippen LogP contribution >= 0.6 is 0 Å². The molecule has 0 aliphatic heterocycles. The Morgan fingerprint density at radius 1 is 0.970 bits per heavy atom. The summed E-state index contributed by atoms with van der Waals surface area (Å²) in [6.07, 6.45) is 2.32. The molecular weight excluding hydrogens is 420 g/mol. The number of carboxylic acids is 1. The molecule has 0 unspecified atom stereocenters. The number of hydrogen-bond donors (Lipinski definition) is 3. The van der Waals surface area contributed by atoms with Crippen LogP contribution < -0.4 is 10.6 Å². The third kappa shape index (κ3) is 4.08. The summed E-state index contributed by atoms with van der Waals surface area (Å²) in [5.41, 5.74) is 3.90. The van der Waals surface area contributed by atoms with Gasteiger partial charge in [0.05, 0.1) is 5.41 Å². The summed E-state index contributed by atoms with van der Waals surface area (Å²) < 4.78 is 5.54. The van der Waals surface area contributed by atoms with E-state index in [-0.39, 0.29) is 36.8 Å². The Morgan fingerprint density at radius 2 is 1.61 bits per heavy atom. The van der Waals surface area contributed by atoms with Crippen LogP contribution in [0.5, 0.6) is 0 Å². The summed E-state index contributed by atoms with van der Waals surface area (Å²) in [5.74, 6) is -1.06. The zero-order chi connectivity index (χ0) is 23.0. The first-order chi connectivity index (χ1) is 16.0. The summed E-state index contributed by atoms with van der Waals surface area (Å²) in [7, 11) is 0. The summed E-state index contributed by atoms with van der Waals surface area (Å²) in [5, 5.41) is 15.0. The number of carbonyl (C=O) groups excluding carboxylic acids is 2. The van der Waals surface area contributed by atoms with Crippen molar-refractivity contribution in [2.45, 2.75) is 31.6 Å². The van der Waals surface area contributed by atoms with Gasteiger partial charge in [0.25, 0.3) is 0 Å². The number of rotatable bonds is 8. The molecule has 0 radical (unpaired) electrons. The van der Waals surface area contributed by atoms with Crippen molar-refractivity contribution in [2.24, 2.45) is 17.3 Å². The monoisotopic (exact) mass is 448 g/mol. The van der Waals surface area contributed by atoms with Crippen molar-refractivity contribution in [3.63, 3.8) is 0 Å². The SMILES string of the molecule is O=C(NC[C@H]1C[C@H]1C(=O)NCC1(C(=O)O)CCC1)OCC1c2ccccc2-c2ccccc21. The lowest BCUT2D eigenvalue weighted by atomic mass is 9.69. The topological polar surface area (TPSA) is 105 Å². The van der Waals surface area contributed by atoms with E-state index < -0.39 is 17.5 Å². The van der Waals surface area contributed by atoms with Gasteiger partial charge in [-0.2, -0.15) is 0 Å². The second-order valence-electron chi connectivity index (χ2n) is 9.47. The van der Waals surface area contributed by atoms with Crippen LogP contribution in [0.15, 0.2) is 48.5 Å². The standard InChI is InChI=1S/C26H28N2O5/c29-23(28-15-26(24(30)31)10-5-11-26)21-12-16(21)13-27-25(32)33-14-22-19-8-3-1-6-17(19)18-7-2-4-9-20(18)22/h1-4,6-9,16,21-22H,5,10-15H2,(H,27,32)(H,28,29)(H,30,31)/t16-,21-/m1/s1. The van der Waals surface area contributed by atoms with Crippen LogP contribution in [0, 0.1) is 17.3 Å². The highest BCUT2D eigenvalue weighted by molar-refractivity contribution is 5.83. The molecule has 5 rings (SSSR count). The molecule has 3 aliphatic carbocycles. The third-order valence-electron chi connectivity index (χ3n) is 7.48. The van der Waals surface area contributed by atoms with E-state index in [0.717, 1.165) is 17.5 Å². The van der Waals surface area contributed by atoms with E-state index in [9.17, 15) is 19.5 Å². The minimum Gasteiger partial charge on any atom is -0.481 e. The first kappa shape index (κ1) is 21.5. The van der Waals surface area contributed by atoms with Gasteiger partial charge in [-0.15, -0.1) is 0 Å². The largest absolute Gasteiger partial charge is 0.481 e. The molecule has 2 amide bonds. The molecule has 33 heavy (non-hydrogen) atoms. The quantitative estimate of drug-likeness (QED) is 0.573. The number of nitrogens with one attached hydrogen (secondary N) is 2. The molecule has 7 nitrogen and oxygen atoms in total. The van der Waals surface area contributed by atoms with Crippen LogP contribution in [0.1, 0.15) is 42.7 Å². The zero-order valence-electron chi connectivity index (χ0n) is 18.4. The maximum atomic E-state index is 12.4. The molecular formula is C26H28N2O5. The van der Waals surface area contributed by atoms with Crippen LogP contribution in [0.25, 0.3) is 11.1 Å². The Labute approximate surface area is 192 Å². The van der Waals surface area contributed by atoms with Crippen LogP contribution in [0.2, 0.25) is 0 Å². The number of aliphatic carboxylic acids is 1. The highest BCUT2D eigenvalue weighted by Gasteiger charge is 2.47. The Bertz CT molecular complexity index is 1050. The van der Waals surface area contributed by atoms with Crippen molar-refractivity contribution in [1.29, 1.82) is 0 Å². The number of fused-ring (bicyclic) bond motifs is 3. The van der Waals surface area contributed by atoms with Crippen molar-refractivity contribution >= 4 is 18.0 Å². The van der Waals surface area contributed by atoms with E-state index in [0.29, 0.717) is 25.8 Å². The van der Waals surface area contributed by atoms with Crippen LogP contribution in [-0.4, -0.2) is 42.8 Å². The molecule has 3 N–H and O–H groups in total. The van der Waals surface area contributed by atoms with Gasteiger partial charge in [0.15, 0.2) is 0 Å². The summed E-state index contributed by atoms with van der Waals surface area (Å²) in [6, 6.07) is 16.4. The van der Waals surface area contributed by atoms with Crippen molar-refractivity contribution in [3.8, 4) is 11.1 Å². The molecule has 0 aromatic heterocycles. The number of carbonyl (C=O) groups is 3. The van der Waals surface area contributed by atoms with Crippen molar-refractivity contribution < 1.29 is 24.2 Å². The van der Waals surface area contributed by atoms with Crippen molar-refractivity contribution in [3.05, 3.63) is 59.7 Å². The number of benzene rings is 2. The fraction of sp³-hybridized carbons (Fsp3) is 0.423. The summed E-state index contributed by atoms with van der Waals surface area (Å²) in [4.78, 5) is 36.1. The van der Waals surface area contributed by atoms with Crippen molar-refractivity contribution in [2.75, 3.05) is 19.7 Å². The van der Waals surface area contributed by atoms with Gasteiger partial charge in [0, 0.05) is 24.9 Å². The molecule has 7 heteroatoms. The van der Waals surface area contributed by atoms with Gasteiger partial charge >= 0.3 is 12.1 Å². The fourth-order valence-corrected chi connectivity index (χ4v) is 5.12. The number of hydrogen-bond acceptors (Lipinski definition) is 4. The van der Waals surface area contributed by atoms with Crippen LogP contribution in [-0.2, 0) is 14.3 Å². The van der Waals surface area contributed by atoms with E-state index >= 15 is 0 Å². The lowest BCUT2D eigenvalue weighted by molar-refractivity contribution is -0.154. The van der Waals surface area contributed by atoms with Crippen molar-refractivity contribution in [1.82, 2.24) is 10.6 Å². The average molecular weight is 449 g/mol. The number of alkyl carbamates (subject to hydrolysis) is 1. The van der Waals surface area contributed by atoms with E-state index in [1.807, 2.05) is 24.3 Å². The summed E-state index contributed by atoms with van der Waals surface area (Å²) >= 11 is 0. The number of carboxylic acid groups (broad SMARTS) is 1. The minimum absolute atomic E-state index is 0.00987. The molecule has 0 spiro atoms. The van der Waals surface area contributed by atoms with Gasteiger partial charge in [-0.05, 0) is 47.4 Å². The third-order valence-corrected chi connectivity index (χ3v) is 7.48. The van der Waals surface area contributed by atoms with E-state index in [2.05, 4.69) is 34.9 Å². The predicted octanol–water partition coefficient (Wildman–Crippen LogP) is 3.53. The highest BCUT2D eigenvalue weighted by atomic mass is 16.5. The smallest absolute Gasteiger partial charge is 0.407 e. The van der Waals surface area contributed by atoms with Crippen LogP contribution in [0.3, 0.4) is 0 Å². The van der Waals surface area contributed by atoms with Gasteiger partial charge in [-0.3, -0.25) is 9.59 Å². The Hall–Kier alpha value is -3.35. The van der Waals surface area contributed by atoms with Crippen LogP contribution in [0.4, 0.5) is 4.79 Å². The number of ether oxygens (including phenoxy) is 1. The molecule has 2 saturated carbocycles. The minimum atomic E-state index is -0.835. The van der Waals surface area contributed by atoms with Gasteiger partial charge in [0.1, 0.15) is 6.61 Å². The maximum Gasteiger partial charge on any atom is 0.407 e. The highest BCUT2D eigenvalue weighted by Crippen LogP contribution is 2.45. The Balaban J connectivity index is 1.07. The fourth-order valence-electron chi connectivity index (χ4n) is 5.12. The average Bonchev–Trinajstić information content (AvgIpc) is 3.50. The lowest BCUT2D eigenvalue weighted by Crippen LogP contribution is -2.48.